The summed E-state index contributed by atoms with van der Waals surface area (Å²) in [6, 6.07) is 60.7. The van der Waals surface area contributed by atoms with Crippen molar-refractivity contribution < 1.29 is 4.42 Å². The first-order valence-electron chi connectivity index (χ1n) is 16.6. The summed E-state index contributed by atoms with van der Waals surface area (Å²) in [5.74, 6) is 0. The predicted molar refractivity (Wildman–Crippen MR) is 205 cm³/mol. The summed E-state index contributed by atoms with van der Waals surface area (Å²) in [6.07, 6.45) is 0. The molecule has 9 aromatic carbocycles. The Labute approximate surface area is 282 Å². The fourth-order valence-electron chi connectivity index (χ4n) is 7.95. The van der Waals surface area contributed by atoms with Crippen LogP contribution in [0.5, 0.6) is 0 Å². The molecule has 49 heavy (non-hydrogen) atoms. The monoisotopic (exact) mass is 621 g/mol. The second-order valence-electron chi connectivity index (χ2n) is 12.7. The first-order valence-corrected chi connectivity index (χ1v) is 16.6. The quantitative estimate of drug-likeness (QED) is 0.184. The van der Waals surface area contributed by atoms with Gasteiger partial charge in [0.2, 0.25) is 0 Å². The van der Waals surface area contributed by atoms with Crippen LogP contribution in [0.25, 0.3) is 98.4 Å². The maximum absolute atomic E-state index is 9.84. The topological polar surface area (TPSA) is 36.9 Å². The molecule has 226 valence electrons. The van der Waals surface area contributed by atoms with Crippen LogP contribution >= 0.6 is 0 Å². The van der Waals surface area contributed by atoms with Gasteiger partial charge in [0, 0.05) is 16.3 Å². The van der Waals surface area contributed by atoms with Crippen molar-refractivity contribution in [2.24, 2.45) is 0 Å². The third-order valence-electron chi connectivity index (χ3n) is 10.1. The number of furan rings is 1. The summed E-state index contributed by atoms with van der Waals surface area (Å²) in [4.78, 5) is 0. The largest absolute Gasteiger partial charge is 0.454 e. The zero-order chi connectivity index (χ0) is 32.5. The van der Waals surface area contributed by atoms with Crippen molar-refractivity contribution in [3.05, 3.63) is 169 Å². The Kier molecular flexibility index (Phi) is 5.97. The van der Waals surface area contributed by atoms with E-state index in [2.05, 4.69) is 152 Å². The zero-order valence-corrected chi connectivity index (χ0v) is 26.4. The van der Waals surface area contributed by atoms with Gasteiger partial charge < -0.3 is 4.42 Å². The molecule has 1 aromatic heterocycles. The van der Waals surface area contributed by atoms with Crippen molar-refractivity contribution in [1.82, 2.24) is 0 Å². The molecule has 0 atom stereocenters. The number of hydrogen-bond acceptors (Lipinski definition) is 2. The Morgan fingerprint density at radius 1 is 0.367 bits per heavy atom. The number of fused-ring (bicyclic) bond motifs is 7. The molecule has 0 bridgehead atoms. The third kappa shape index (κ3) is 4.07. The molecular weight excluding hydrogens is 595 g/mol. The highest BCUT2D eigenvalue weighted by Crippen LogP contribution is 2.48. The summed E-state index contributed by atoms with van der Waals surface area (Å²) in [7, 11) is 0. The highest BCUT2D eigenvalue weighted by Gasteiger charge is 2.21. The predicted octanol–water partition coefficient (Wildman–Crippen LogP) is 13.1. The highest BCUT2D eigenvalue weighted by molar-refractivity contribution is 6.26. The summed E-state index contributed by atoms with van der Waals surface area (Å²) >= 11 is 0. The minimum absolute atomic E-state index is 0.544. The van der Waals surface area contributed by atoms with Gasteiger partial charge in [-0.15, -0.1) is 0 Å². The van der Waals surface area contributed by atoms with E-state index in [0.29, 0.717) is 11.1 Å². The molecule has 0 aliphatic heterocycles. The van der Waals surface area contributed by atoms with Crippen LogP contribution in [-0.2, 0) is 0 Å². The molecule has 10 aromatic rings. The molecular formula is C47H27NO. The molecule has 0 unspecified atom stereocenters. The van der Waals surface area contributed by atoms with Crippen LogP contribution in [0.4, 0.5) is 0 Å². The lowest BCUT2D eigenvalue weighted by atomic mass is 9.83. The van der Waals surface area contributed by atoms with Crippen molar-refractivity contribution >= 4 is 65.0 Å². The van der Waals surface area contributed by atoms with Crippen molar-refractivity contribution in [2.75, 3.05) is 0 Å². The molecule has 0 amide bonds. The van der Waals surface area contributed by atoms with E-state index in [1.165, 1.54) is 65.3 Å². The molecule has 0 N–H and O–H groups in total. The van der Waals surface area contributed by atoms with Gasteiger partial charge in [-0.1, -0.05) is 152 Å². The number of nitriles is 1. The van der Waals surface area contributed by atoms with Gasteiger partial charge in [-0.25, -0.2) is 0 Å². The number of hydrogen-bond donors (Lipinski definition) is 0. The van der Waals surface area contributed by atoms with E-state index < -0.39 is 0 Å². The highest BCUT2D eigenvalue weighted by atomic mass is 16.3. The maximum Gasteiger partial charge on any atom is 0.153 e. The molecule has 10 rings (SSSR count). The molecule has 0 aliphatic rings. The summed E-state index contributed by atoms with van der Waals surface area (Å²) in [6.45, 7) is 0. The summed E-state index contributed by atoms with van der Waals surface area (Å²) < 4.78 is 6.53. The Balaban J connectivity index is 1.37. The first kappa shape index (κ1) is 27.4. The molecule has 0 saturated heterocycles. The van der Waals surface area contributed by atoms with Crippen LogP contribution in [0.1, 0.15) is 5.56 Å². The summed E-state index contributed by atoms with van der Waals surface area (Å²) in [5.41, 5.74) is 8.93. The molecule has 2 heteroatoms. The van der Waals surface area contributed by atoms with Crippen LogP contribution < -0.4 is 0 Å². The average Bonchev–Trinajstić information content (AvgIpc) is 3.56. The molecule has 0 saturated carbocycles. The zero-order valence-electron chi connectivity index (χ0n) is 26.4. The Hall–Kier alpha value is -6.69. The lowest BCUT2D eigenvalue weighted by Crippen LogP contribution is -1.93. The van der Waals surface area contributed by atoms with E-state index in [9.17, 15) is 5.26 Å². The van der Waals surface area contributed by atoms with Crippen LogP contribution in [0, 0.1) is 11.3 Å². The van der Waals surface area contributed by atoms with Crippen LogP contribution in [0.15, 0.2) is 168 Å². The standard InChI is InChI=1S/C47H27NO/c48-28-32-15-9-23-41-42-24-10-20-35(47(42)49-46(32)41)31-25-26-40-43(27-31)45(37-22-8-14-30-12-2-4-17-34(30)37)39-19-6-5-18-38(39)44(40)36-21-7-13-29-11-1-3-16-33(29)36/h1-27H. The Morgan fingerprint density at radius 3 is 1.49 bits per heavy atom. The molecule has 1 heterocycles. The van der Waals surface area contributed by atoms with Gasteiger partial charge in [-0.2, -0.15) is 5.26 Å². The van der Waals surface area contributed by atoms with E-state index in [4.69, 9.17) is 4.42 Å². The lowest BCUT2D eigenvalue weighted by Gasteiger charge is -2.20. The van der Waals surface area contributed by atoms with E-state index in [1.54, 1.807) is 0 Å². The van der Waals surface area contributed by atoms with Gasteiger partial charge >= 0.3 is 0 Å². The van der Waals surface area contributed by atoms with Crippen LogP contribution in [0.3, 0.4) is 0 Å². The first-order chi connectivity index (χ1) is 24.3. The SMILES string of the molecule is N#Cc1cccc2c1oc1c(-c3ccc4c(-c5cccc6ccccc56)c5ccccc5c(-c5cccc6ccccc56)c4c3)cccc12. The minimum Gasteiger partial charge on any atom is -0.454 e. The maximum atomic E-state index is 9.84. The molecule has 0 fully saturated rings. The summed E-state index contributed by atoms with van der Waals surface area (Å²) in [5, 5.41) is 21.5. The van der Waals surface area contributed by atoms with Crippen LogP contribution in [-0.4, -0.2) is 0 Å². The van der Waals surface area contributed by atoms with E-state index in [0.717, 1.165) is 27.5 Å². The van der Waals surface area contributed by atoms with Crippen LogP contribution in [0.2, 0.25) is 0 Å². The number of benzene rings is 9. The van der Waals surface area contributed by atoms with Gasteiger partial charge in [0.15, 0.2) is 5.58 Å². The average molecular weight is 622 g/mol. The second-order valence-corrected chi connectivity index (χ2v) is 12.7. The van der Waals surface area contributed by atoms with Gasteiger partial charge in [-0.3, -0.25) is 0 Å². The smallest absolute Gasteiger partial charge is 0.153 e. The number of rotatable bonds is 3. The normalized spacial score (nSPS) is 11.7. The Bertz CT molecular complexity index is 3000. The van der Waals surface area contributed by atoms with Crippen molar-refractivity contribution in [3.63, 3.8) is 0 Å². The van der Waals surface area contributed by atoms with Gasteiger partial charge in [0.1, 0.15) is 11.7 Å². The van der Waals surface area contributed by atoms with Crippen molar-refractivity contribution in [3.8, 4) is 39.4 Å². The van der Waals surface area contributed by atoms with Gasteiger partial charge in [0.05, 0.1) is 5.56 Å². The fraction of sp³-hybridized carbons (Fsp3) is 0. The molecule has 2 nitrogen and oxygen atoms in total. The van der Waals surface area contributed by atoms with E-state index >= 15 is 0 Å². The van der Waals surface area contributed by atoms with Gasteiger partial charge in [0.25, 0.3) is 0 Å². The van der Waals surface area contributed by atoms with E-state index in [-0.39, 0.29) is 0 Å². The van der Waals surface area contributed by atoms with E-state index in [1.807, 2.05) is 18.2 Å². The van der Waals surface area contributed by atoms with Crippen molar-refractivity contribution in [1.29, 1.82) is 5.26 Å². The molecule has 0 radical (unpaired) electrons. The number of nitrogens with zero attached hydrogens (tertiary/aromatic N) is 1. The Morgan fingerprint density at radius 2 is 0.837 bits per heavy atom. The van der Waals surface area contributed by atoms with Gasteiger partial charge in [-0.05, 0) is 83.0 Å². The molecule has 0 spiro atoms. The molecule has 0 aliphatic carbocycles. The second kappa shape index (κ2) is 10.7. The lowest BCUT2D eigenvalue weighted by molar-refractivity contribution is 0.668. The fourth-order valence-corrected chi connectivity index (χ4v) is 7.95. The minimum atomic E-state index is 0.544. The number of para-hydroxylation sites is 2. The van der Waals surface area contributed by atoms with Crippen molar-refractivity contribution in [2.45, 2.75) is 0 Å². The third-order valence-corrected chi connectivity index (χ3v) is 10.1.